The van der Waals surface area contributed by atoms with E-state index in [0.717, 1.165) is 24.2 Å². The zero-order chi connectivity index (χ0) is 16.8. The van der Waals surface area contributed by atoms with E-state index in [1.807, 2.05) is 37.3 Å². The van der Waals surface area contributed by atoms with Gasteiger partial charge in [-0.25, -0.2) is 0 Å². The van der Waals surface area contributed by atoms with Gasteiger partial charge in [-0.1, -0.05) is 30.3 Å². The molecule has 0 saturated carbocycles. The molecule has 0 aromatic heterocycles. The summed E-state index contributed by atoms with van der Waals surface area (Å²) < 4.78 is 11.1. The minimum atomic E-state index is -0.130. The first-order valence-corrected chi connectivity index (χ1v) is 8.45. The maximum absolute atomic E-state index is 12.2. The van der Waals surface area contributed by atoms with Crippen LogP contribution < -0.4 is 10.1 Å². The predicted octanol–water partition coefficient (Wildman–Crippen LogP) is 2.06. The number of fused-ring (bicyclic) bond motifs is 1. The van der Waals surface area contributed by atoms with E-state index in [1.165, 1.54) is 5.39 Å². The number of ether oxygens (including phenoxy) is 2. The van der Waals surface area contributed by atoms with E-state index in [0.29, 0.717) is 26.4 Å². The Morgan fingerprint density at radius 3 is 2.75 bits per heavy atom. The molecule has 1 atom stereocenters. The number of amides is 1. The molecule has 0 bridgehead atoms. The smallest absolute Gasteiger partial charge is 0.237 e. The highest BCUT2D eigenvalue weighted by molar-refractivity contribution is 5.83. The fourth-order valence-electron chi connectivity index (χ4n) is 2.88. The molecule has 5 heteroatoms. The Hall–Kier alpha value is -2.11. The molecular weight excluding hydrogens is 304 g/mol. The van der Waals surface area contributed by atoms with Crippen molar-refractivity contribution in [3.05, 3.63) is 42.5 Å². The first-order valence-electron chi connectivity index (χ1n) is 8.45. The molecule has 1 fully saturated rings. The van der Waals surface area contributed by atoms with Crippen LogP contribution in [0.2, 0.25) is 0 Å². The molecule has 1 aliphatic rings. The van der Waals surface area contributed by atoms with Crippen LogP contribution >= 0.6 is 0 Å². The van der Waals surface area contributed by atoms with Crippen LogP contribution in [0.4, 0.5) is 0 Å². The Morgan fingerprint density at radius 2 is 1.96 bits per heavy atom. The van der Waals surface area contributed by atoms with Gasteiger partial charge < -0.3 is 14.8 Å². The van der Waals surface area contributed by atoms with Gasteiger partial charge in [0.2, 0.25) is 5.91 Å². The molecule has 1 N–H and O–H groups in total. The van der Waals surface area contributed by atoms with Crippen molar-refractivity contribution in [2.75, 3.05) is 39.5 Å². The first kappa shape index (κ1) is 16.7. The van der Waals surface area contributed by atoms with Crippen molar-refractivity contribution < 1.29 is 14.3 Å². The number of nitrogens with one attached hydrogen (secondary N) is 1. The van der Waals surface area contributed by atoms with Crippen LogP contribution in [0.3, 0.4) is 0 Å². The van der Waals surface area contributed by atoms with Crippen LogP contribution in [0.25, 0.3) is 10.8 Å². The van der Waals surface area contributed by atoms with E-state index in [4.69, 9.17) is 9.47 Å². The maximum atomic E-state index is 12.2. The molecule has 1 heterocycles. The Kier molecular flexibility index (Phi) is 5.67. The van der Waals surface area contributed by atoms with Crippen LogP contribution in [0, 0.1) is 0 Å². The normalized spacial score (nSPS) is 16.7. The molecule has 1 amide bonds. The lowest BCUT2D eigenvalue weighted by Crippen LogP contribution is -2.50. The minimum Gasteiger partial charge on any atom is -0.492 e. The fourth-order valence-corrected chi connectivity index (χ4v) is 2.88. The summed E-state index contributed by atoms with van der Waals surface area (Å²) in [4.78, 5) is 14.3. The molecular formula is C19H24N2O3. The highest BCUT2D eigenvalue weighted by atomic mass is 16.5. The summed E-state index contributed by atoms with van der Waals surface area (Å²) in [5.41, 5.74) is 0. The third-order valence-corrected chi connectivity index (χ3v) is 4.36. The lowest BCUT2D eigenvalue weighted by Gasteiger charge is -2.31. The molecule has 0 aliphatic carbocycles. The van der Waals surface area contributed by atoms with Crippen molar-refractivity contribution >= 4 is 16.7 Å². The second kappa shape index (κ2) is 8.13. The van der Waals surface area contributed by atoms with Crippen LogP contribution in [0.1, 0.15) is 6.92 Å². The molecule has 2 aromatic rings. The van der Waals surface area contributed by atoms with Gasteiger partial charge in [-0.2, -0.15) is 0 Å². The highest BCUT2D eigenvalue weighted by Crippen LogP contribution is 2.20. The van der Waals surface area contributed by atoms with Crippen molar-refractivity contribution in [2.45, 2.75) is 13.0 Å². The number of hydrogen-bond acceptors (Lipinski definition) is 4. The van der Waals surface area contributed by atoms with Crippen molar-refractivity contribution in [2.24, 2.45) is 0 Å². The SMILES string of the molecule is CC(C(=O)NCCOc1ccc2ccccc2c1)N1CCOCC1. The van der Waals surface area contributed by atoms with Gasteiger partial charge in [-0.05, 0) is 29.8 Å². The van der Waals surface area contributed by atoms with E-state index in [-0.39, 0.29) is 11.9 Å². The number of rotatable bonds is 6. The summed E-state index contributed by atoms with van der Waals surface area (Å²) in [6, 6.07) is 14.1. The van der Waals surface area contributed by atoms with Gasteiger partial charge in [0.25, 0.3) is 0 Å². The van der Waals surface area contributed by atoms with Crippen LogP contribution in [-0.4, -0.2) is 56.3 Å². The Balaban J connectivity index is 1.43. The Bertz CT molecular complexity index is 683. The summed E-state index contributed by atoms with van der Waals surface area (Å²) in [5, 5.41) is 5.29. The van der Waals surface area contributed by atoms with Crippen LogP contribution in [0.5, 0.6) is 5.75 Å². The van der Waals surface area contributed by atoms with Gasteiger partial charge >= 0.3 is 0 Å². The lowest BCUT2D eigenvalue weighted by molar-refractivity contribution is -0.127. The van der Waals surface area contributed by atoms with Gasteiger partial charge in [-0.3, -0.25) is 9.69 Å². The second-order valence-corrected chi connectivity index (χ2v) is 5.97. The summed E-state index contributed by atoms with van der Waals surface area (Å²) in [7, 11) is 0. The van der Waals surface area contributed by atoms with E-state index in [2.05, 4.69) is 22.3 Å². The second-order valence-electron chi connectivity index (χ2n) is 5.97. The van der Waals surface area contributed by atoms with Gasteiger partial charge in [0.15, 0.2) is 0 Å². The monoisotopic (exact) mass is 328 g/mol. The zero-order valence-corrected chi connectivity index (χ0v) is 14.0. The molecule has 1 saturated heterocycles. The predicted molar refractivity (Wildman–Crippen MR) is 94.3 cm³/mol. The number of carbonyl (C=O) groups is 1. The van der Waals surface area contributed by atoms with Crippen LogP contribution in [-0.2, 0) is 9.53 Å². The topological polar surface area (TPSA) is 50.8 Å². The minimum absolute atomic E-state index is 0.0408. The van der Waals surface area contributed by atoms with Gasteiger partial charge in [0.05, 0.1) is 25.8 Å². The number of morpholine rings is 1. The molecule has 0 radical (unpaired) electrons. The maximum Gasteiger partial charge on any atom is 0.237 e. The first-order chi connectivity index (χ1) is 11.7. The quantitative estimate of drug-likeness (QED) is 0.825. The zero-order valence-electron chi connectivity index (χ0n) is 14.0. The summed E-state index contributed by atoms with van der Waals surface area (Å²) in [6.07, 6.45) is 0. The number of benzene rings is 2. The standard InChI is InChI=1S/C19H24N2O3/c1-15(21-9-12-23-13-10-21)19(22)20-8-11-24-18-7-6-16-4-2-3-5-17(16)14-18/h2-7,14-15H,8-13H2,1H3,(H,20,22). The third-order valence-electron chi connectivity index (χ3n) is 4.36. The van der Waals surface area contributed by atoms with Crippen LogP contribution in [0.15, 0.2) is 42.5 Å². The van der Waals surface area contributed by atoms with E-state index in [1.54, 1.807) is 0 Å². The average Bonchev–Trinajstić information content (AvgIpc) is 2.65. The van der Waals surface area contributed by atoms with Gasteiger partial charge in [-0.15, -0.1) is 0 Å². The van der Waals surface area contributed by atoms with E-state index < -0.39 is 0 Å². The molecule has 128 valence electrons. The van der Waals surface area contributed by atoms with Crippen molar-refractivity contribution in [1.82, 2.24) is 10.2 Å². The van der Waals surface area contributed by atoms with E-state index >= 15 is 0 Å². The van der Waals surface area contributed by atoms with Gasteiger partial charge in [0.1, 0.15) is 12.4 Å². The number of nitrogens with zero attached hydrogens (tertiary/aromatic N) is 1. The lowest BCUT2D eigenvalue weighted by atomic mass is 10.1. The molecule has 5 nitrogen and oxygen atoms in total. The highest BCUT2D eigenvalue weighted by Gasteiger charge is 2.22. The van der Waals surface area contributed by atoms with E-state index in [9.17, 15) is 4.79 Å². The number of hydrogen-bond donors (Lipinski definition) is 1. The average molecular weight is 328 g/mol. The molecule has 0 spiro atoms. The van der Waals surface area contributed by atoms with Crippen molar-refractivity contribution in [3.8, 4) is 5.75 Å². The number of carbonyl (C=O) groups excluding carboxylic acids is 1. The molecule has 3 rings (SSSR count). The molecule has 24 heavy (non-hydrogen) atoms. The Morgan fingerprint density at radius 1 is 1.21 bits per heavy atom. The Labute approximate surface area is 142 Å². The van der Waals surface area contributed by atoms with Crippen molar-refractivity contribution in [1.29, 1.82) is 0 Å². The van der Waals surface area contributed by atoms with Gasteiger partial charge in [0, 0.05) is 13.1 Å². The largest absolute Gasteiger partial charge is 0.492 e. The third kappa shape index (κ3) is 4.24. The summed E-state index contributed by atoms with van der Waals surface area (Å²) in [5.74, 6) is 0.864. The molecule has 1 unspecified atom stereocenters. The van der Waals surface area contributed by atoms with Crippen molar-refractivity contribution in [3.63, 3.8) is 0 Å². The fraction of sp³-hybridized carbons (Fsp3) is 0.421. The molecule has 2 aromatic carbocycles. The molecule has 1 aliphatic heterocycles. The summed E-state index contributed by atoms with van der Waals surface area (Å²) in [6.45, 7) is 5.90. The summed E-state index contributed by atoms with van der Waals surface area (Å²) >= 11 is 0.